The van der Waals surface area contributed by atoms with E-state index in [0.717, 1.165) is 4.72 Å². The fourth-order valence-electron chi connectivity index (χ4n) is 0.332. The van der Waals surface area contributed by atoms with Crippen molar-refractivity contribution in [1.29, 1.82) is 0 Å². The lowest BCUT2D eigenvalue weighted by molar-refractivity contribution is 0.252. The topological polar surface area (TPSA) is 148 Å². The van der Waals surface area contributed by atoms with Crippen LogP contribution >= 0.6 is 0 Å². The van der Waals surface area contributed by atoms with Crippen LogP contribution < -0.4 is 10.5 Å². The van der Waals surface area contributed by atoms with Crippen molar-refractivity contribution < 1.29 is 17.8 Å². The van der Waals surface area contributed by atoms with Crippen LogP contribution in [0.2, 0.25) is 0 Å². The summed E-state index contributed by atoms with van der Waals surface area (Å²) in [6, 6.07) is 0.403. The first-order valence-electron chi connectivity index (χ1n) is 3.05. The second kappa shape index (κ2) is 5.77. The molecule has 0 unspecified atom stereocenters. The van der Waals surface area contributed by atoms with Gasteiger partial charge in [-0.05, 0) is 11.3 Å². The van der Waals surface area contributed by atoms with Crippen LogP contribution in [0.5, 0.6) is 0 Å². The van der Waals surface area contributed by atoms with E-state index in [9.17, 15) is 13.2 Å². The van der Waals surface area contributed by atoms with Crippen molar-refractivity contribution in [2.45, 2.75) is 0 Å². The van der Waals surface area contributed by atoms with Gasteiger partial charge in [-0.1, -0.05) is 0 Å². The summed E-state index contributed by atoms with van der Waals surface area (Å²) < 4.78 is 28.0. The molecule has 4 N–H and O–H groups in total. The summed E-state index contributed by atoms with van der Waals surface area (Å²) in [6.45, 7) is 0. The third-order valence-corrected chi connectivity index (χ3v) is 1.10. The maximum Gasteiger partial charge on any atom is 0.361 e. The Morgan fingerprint density at radius 3 is 1.93 bits per heavy atom. The van der Waals surface area contributed by atoms with E-state index in [1.54, 1.807) is 18.5 Å². The number of aromatic nitrogens is 3. The summed E-state index contributed by atoms with van der Waals surface area (Å²) in [7, 11) is -4.45. The Bertz CT molecular complexity index is 338. The number of hydrogen-bond donors (Lipinski definition) is 3. The maximum atomic E-state index is 9.59. The second-order valence-corrected chi connectivity index (χ2v) is 2.91. The van der Waals surface area contributed by atoms with Crippen LogP contribution in [0.1, 0.15) is 0 Å². The van der Waals surface area contributed by atoms with Gasteiger partial charge in [0.25, 0.3) is 0 Å². The molecule has 1 rings (SSSR count). The van der Waals surface area contributed by atoms with Crippen LogP contribution in [0.15, 0.2) is 18.5 Å². The zero-order valence-corrected chi connectivity index (χ0v) is 7.55. The number of hydrogen-bond acceptors (Lipinski definition) is 6. The summed E-state index contributed by atoms with van der Waals surface area (Å²) in [5.41, 5.74) is 4.29. The summed E-state index contributed by atoms with van der Waals surface area (Å²) in [5, 5.41) is 10.1. The highest BCUT2D eigenvalue weighted by molar-refractivity contribution is 7.84. The third kappa shape index (κ3) is 10.2. The second-order valence-electron chi connectivity index (χ2n) is 1.75. The van der Waals surface area contributed by atoms with Gasteiger partial charge in [0.2, 0.25) is 0 Å². The molecule has 9 nitrogen and oxygen atoms in total. The monoisotopic (exact) mass is 221 g/mol. The van der Waals surface area contributed by atoms with Gasteiger partial charge >= 0.3 is 16.3 Å². The van der Waals surface area contributed by atoms with Gasteiger partial charge in [-0.15, -0.1) is 10.2 Å². The number of urea groups is 1. The fourth-order valence-corrected chi connectivity index (χ4v) is 0.586. The van der Waals surface area contributed by atoms with Crippen molar-refractivity contribution in [2.24, 2.45) is 5.73 Å². The van der Waals surface area contributed by atoms with E-state index in [2.05, 4.69) is 21.1 Å². The Hall–Kier alpha value is -1.81. The lowest BCUT2D eigenvalue weighted by Gasteiger charge is -1.91. The summed E-state index contributed by atoms with van der Waals surface area (Å²) in [6.07, 6.45) is 3.15. The predicted octanol–water partition coefficient (Wildman–Crippen LogP) is -1.67. The number of amides is 2. The first-order valence-corrected chi connectivity index (χ1v) is 4.49. The fraction of sp³-hybridized carbons (Fsp3) is 0. The number of nitrogens with two attached hydrogens (primary N) is 1. The zero-order chi connectivity index (χ0) is 11.0. The van der Waals surface area contributed by atoms with Crippen molar-refractivity contribution in [2.75, 3.05) is 0 Å². The number of nitrogens with one attached hydrogen (secondary N) is 1. The van der Waals surface area contributed by atoms with Gasteiger partial charge in [0.1, 0.15) is 0 Å². The normalized spacial score (nSPS) is 9.50. The average Bonchev–Trinajstić information content (AvgIpc) is 2.03. The standard InChI is InChI=1S/C3H3N3.CH4N2O4S/c1-2-4-6-5-3-1;2-1(4)3-8(5,6)7/h1-3H;(H3,2,3,4)(H,5,6,7). The average molecular weight is 221 g/mol. The number of nitrogens with zero attached hydrogens (tertiary/aromatic N) is 3. The lowest BCUT2D eigenvalue weighted by atomic mass is 10.7. The van der Waals surface area contributed by atoms with Gasteiger partial charge in [0.05, 0.1) is 12.4 Å². The molecule has 78 valence electrons. The van der Waals surface area contributed by atoms with Crippen LogP contribution in [0.3, 0.4) is 0 Å². The van der Waals surface area contributed by atoms with Crippen molar-refractivity contribution in [3.8, 4) is 0 Å². The van der Waals surface area contributed by atoms with E-state index in [1.165, 1.54) is 0 Å². The molecule has 0 spiro atoms. The van der Waals surface area contributed by atoms with Crippen LogP contribution in [-0.2, 0) is 10.3 Å². The summed E-state index contributed by atoms with van der Waals surface area (Å²) in [5.74, 6) is 0. The first-order chi connectivity index (χ1) is 6.42. The molecular weight excluding hydrogens is 214 g/mol. The Morgan fingerprint density at radius 1 is 1.36 bits per heavy atom. The molecule has 1 aromatic heterocycles. The van der Waals surface area contributed by atoms with Crippen molar-refractivity contribution >= 4 is 16.3 Å². The molecule has 0 fully saturated rings. The molecular formula is C4H7N5O4S. The zero-order valence-electron chi connectivity index (χ0n) is 6.73. The molecule has 0 aromatic carbocycles. The van der Waals surface area contributed by atoms with E-state index in [-0.39, 0.29) is 0 Å². The van der Waals surface area contributed by atoms with Crippen molar-refractivity contribution in [3.05, 3.63) is 18.5 Å². The quantitative estimate of drug-likeness (QED) is 0.480. The van der Waals surface area contributed by atoms with Crippen molar-refractivity contribution in [1.82, 2.24) is 20.1 Å². The highest BCUT2D eigenvalue weighted by Crippen LogP contribution is 1.67. The molecule has 0 atom stereocenters. The molecule has 2 amide bonds. The van der Waals surface area contributed by atoms with Crippen LogP contribution in [0.4, 0.5) is 4.79 Å². The number of primary amides is 1. The lowest BCUT2D eigenvalue weighted by Crippen LogP contribution is -2.34. The van der Waals surface area contributed by atoms with E-state index in [4.69, 9.17) is 4.55 Å². The highest BCUT2D eigenvalue weighted by Gasteiger charge is 2.03. The molecule has 0 bridgehead atoms. The van der Waals surface area contributed by atoms with Gasteiger partial charge < -0.3 is 5.73 Å². The van der Waals surface area contributed by atoms with Crippen LogP contribution in [0, 0.1) is 0 Å². The molecule has 0 saturated carbocycles. The van der Waals surface area contributed by atoms with Gasteiger partial charge in [-0.2, -0.15) is 8.42 Å². The van der Waals surface area contributed by atoms with Crippen LogP contribution in [-0.4, -0.2) is 34.4 Å². The molecule has 0 saturated heterocycles. The summed E-state index contributed by atoms with van der Waals surface area (Å²) >= 11 is 0. The van der Waals surface area contributed by atoms with E-state index in [0.29, 0.717) is 0 Å². The number of carbonyl (C=O) groups is 1. The molecule has 10 heteroatoms. The Balaban J connectivity index is 0.000000249. The summed E-state index contributed by atoms with van der Waals surface area (Å²) in [4.78, 5) is 9.59. The Labute approximate surface area is 79.2 Å². The van der Waals surface area contributed by atoms with Gasteiger partial charge in [0.15, 0.2) is 0 Å². The molecule has 0 aliphatic rings. The number of carbonyl (C=O) groups excluding carboxylic acids is 1. The molecule has 0 aliphatic carbocycles. The van der Waals surface area contributed by atoms with Gasteiger partial charge in [-0.3, -0.25) is 4.55 Å². The smallest absolute Gasteiger partial charge is 0.351 e. The van der Waals surface area contributed by atoms with Crippen molar-refractivity contribution in [3.63, 3.8) is 0 Å². The van der Waals surface area contributed by atoms with E-state index in [1.807, 2.05) is 0 Å². The molecule has 1 heterocycles. The minimum Gasteiger partial charge on any atom is -0.351 e. The minimum absolute atomic E-state index is 1.05. The number of rotatable bonds is 1. The highest BCUT2D eigenvalue weighted by atomic mass is 32.2. The first kappa shape index (κ1) is 12.2. The minimum atomic E-state index is -4.45. The Morgan fingerprint density at radius 2 is 1.86 bits per heavy atom. The van der Waals surface area contributed by atoms with E-state index >= 15 is 0 Å². The van der Waals surface area contributed by atoms with Crippen LogP contribution in [0.25, 0.3) is 0 Å². The molecule has 14 heavy (non-hydrogen) atoms. The van der Waals surface area contributed by atoms with E-state index < -0.39 is 16.3 Å². The third-order valence-electron chi connectivity index (χ3n) is 0.638. The Kier molecular flexibility index (Phi) is 5.02. The largest absolute Gasteiger partial charge is 0.361 e. The van der Waals surface area contributed by atoms with Gasteiger partial charge in [-0.25, -0.2) is 9.52 Å². The predicted molar refractivity (Wildman–Crippen MR) is 44.1 cm³/mol. The van der Waals surface area contributed by atoms with Gasteiger partial charge in [0, 0.05) is 0 Å². The molecule has 0 aliphatic heterocycles. The maximum absolute atomic E-state index is 9.59. The molecule has 1 aromatic rings. The molecule has 0 radical (unpaired) electrons. The SMILES string of the molecule is NC(=O)NS(=O)(=O)O.c1cnnnc1.